The van der Waals surface area contributed by atoms with Gasteiger partial charge in [-0.25, -0.2) is 9.97 Å². The number of fused-ring (bicyclic) bond motifs is 1. The van der Waals surface area contributed by atoms with Crippen LogP contribution in [0.4, 0.5) is 5.95 Å². The highest BCUT2D eigenvalue weighted by molar-refractivity contribution is 6.35. The van der Waals surface area contributed by atoms with Gasteiger partial charge in [0.2, 0.25) is 5.95 Å². The van der Waals surface area contributed by atoms with Gasteiger partial charge in [0.25, 0.3) is 0 Å². The van der Waals surface area contributed by atoms with E-state index in [0.29, 0.717) is 37.9 Å². The van der Waals surface area contributed by atoms with Crippen LogP contribution in [0.1, 0.15) is 0 Å². The maximum absolute atomic E-state index is 6.00. The van der Waals surface area contributed by atoms with Gasteiger partial charge < -0.3 is 5.73 Å². The van der Waals surface area contributed by atoms with Crippen molar-refractivity contribution in [3.8, 4) is 5.69 Å². The van der Waals surface area contributed by atoms with Gasteiger partial charge in [0.1, 0.15) is 5.52 Å². The first-order valence-electron chi connectivity index (χ1n) is 5.30. The van der Waals surface area contributed by atoms with Gasteiger partial charge in [-0.3, -0.25) is 4.57 Å². The van der Waals surface area contributed by atoms with E-state index in [4.69, 9.17) is 40.5 Å². The summed E-state index contributed by atoms with van der Waals surface area (Å²) in [6, 6.07) is 6.82. The number of nitrogens with two attached hydrogens (primary N) is 1. The fourth-order valence-electron chi connectivity index (χ4n) is 1.88. The quantitative estimate of drug-likeness (QED) is 0.739. The van der Waals surface area contributed by atoms with Gasteiger partial charge in [-0.05, 0) is 24.3 Å². The molecular formula is C12H7Cl3N4. The van der Waals surface area contributed by atoms with Crippen LogP contribution in [0.3, 0.4) is 0 Å². The lowest BCUT2D eigenvalue weighted by atomic mass is 10.3. The van der Waals surface area contributed by atoms with Crippen LogP contribution in [0, 0.1) is 0 Å². The summed E-state index contributed by atoms with van der Waals surface area (Å²) in [5.74, 6) is 0.295. The van der Waals surface area contributed by atoms with Gasteiger partial charge in [0.05, 0.1) is 10.7 Å². The molecule has 0 atom stereocenters. The average molecular weight is 314 g/mol. The van der Waals surface area contributed by atoms with Gasteiger partial charge in [-0.15, -0.1) is 0 Å². The number of anilines is 1. The number of nitrogens with zero attached hydrogens (tertiary/aromatic N) is 3. The third kappa shape index (κ3) is 2.23. The Balaban J connectivity index is 2.32. The van der Waals surface area contributed by atoms with Crippen LogP contribution >= 0.6 is 34.8 Å². The molecule has 4 nitrogen and oxygen atoms in total. The van der Waals surface area contributed by atoms with Gasteiger partial charge >= 0.3 is 0 Å². The third-order valence-corrected chi connectivity index (χ3v) is 3.24. The number of aromatic nitrogens is 3. The van der Waals surface area contributed by atoms with Gasteiger partial charge in [-0.1, -0.05) is 34.8 Å². The first kappa shape index (κ1) is 12.5. The zero-order chi connectivity index (χ0) is 13.6. The van der Waals surface area contributed by atoms with Crippen LogP contribution in [0.5, 0.6) is 0 Å². The molecule has 2 N–H and O–H groups in total. The molecule has 0 saturated carbocycles. The lowest BCUT2D eigenvalue weighted by Gasteiger charge is -2.07. The van der Waals surface area contributed by atoms with E-state index in [0.717, 1.165) is 0 Å². The standard InChI is InChI=1S/C12H7Cl3N4/c13-6-1-7(14)3-9(2-6)19-11-10(18-12(19)16)4-8(15)5-17-11/h1-5H,(H2,16,18). The van der Waals surface area contributed by atoms with Crippen LogP contribution in [-0.4, -0.2) is 14.5 Å². The molecule has 2 heterocycles. The van der Waals surface area contributed by atoms with Gasteiger partial charge in [0, 0.05) is 16.2 Å². The van der Waals surface area contributed by atoms with E-state index < -0.39 is 0 Å². The van der Waals surface area contributed by atoms with Crippen molar-refractivity contribution in [2.24, 2.45) is 0 Å². The molecule has 0 radical (unpaired) electrons. The summed E-state index contributed by atoms with van der Waals surface area (Å²) < 4.78 is 1.67. The molecule has 3 rings (SSSR count). The Hall–Kier alpha value is -1.49. The second-order valence-corrected chi connectivity index (χ2v) is 5.24. The summed E-state index contributed by atoms with van der Waals surface area (Å²) in [7, 11) is 0. The maximum Gasteiger partial charge on any atom is 0.207 e. The van der Waals surface area contributed by atoms with Crippen molar-refractivity contribution in [2.45, 2.75) is 0 Å². The third-order valence-electron chi connectivity index (χ3n) is 2.60. The van der Waals surface area contributed by atoms with Crippen LogP contribution in [-0.2, 0) is 0 Å². The second kappa shape index (κ2) is 4.56. The lowest BCUT2D eigenvalue weighted by molar-refractivity contribution is 1.08. The summed E-state index contributed by atoms with van der Waals surface area (Å²) in [5.41, 5.74) is 7.83. The molecule has 3 aromatic rings. The zero-order valence-corrected chi connectivity index (χ0v) is 11.7. The first-order valence-corrected chi connectivity index (χ1v) is 6.44. The van der Waals surface area contributed by atoms with Crippen molar-refractivity contribution >= 4 is 51.9 Å². The normalized spacial score (nSPS) is 11.1. The average Bonchev–Trinajstić information content (AvgIpc) is 2.62. The van der Waals surface area contributed by atoms with Gasteiger partial charge in [-0.2, -0.15) is 0 Å². The summed E-state index contributed by atoms with van der Waals surface area (Å²) in [4.78, 5) is 8.46. The number of hydrogen-bond acceptors (Lipinski definition) is 3. The number of nitrogen functional groups attached to an aromatic ring is 1. The molecule has 19 heavy (non-hydrogen) atoms. The highest BCUT2D eigenvalue weighted by Crippen LogP contribution is 2.27. The zero-order valence-electron chi connectivity index (χ0n) is 9.44. The predicted octanol–water partition coefficient (Wildman–Crippen LogP) is 3.96. The fraction of sp³-hybridized carbons (Fsp3) is 0. The Morgan fingerprint density at radius 3 is 2.32 bits per heavy atom. The molecule has 96 valence electrons. The largest absolute Gasteiger partial charge is 0.369 e. The van der Waals surface area contributed by atoms with Crippen LogP contribution in [0.15, 0.2) is 30.5 Å². The Morgan fingerprint density at radius 2 is 1.63 bits per heavy atom. The molecule has 0 aliphatic heterocycles. The summed E-state index contributed by atoms with van der Waals surface area (Å²) in [6.07, 6.45) is 1.54. The minimum Gasteiger partial charge on any atom is -0.369 e. The molecular weight excluding hydrogens is 307 g/mol. The van der Waals surface area contributed by atoms with Crippen molar-refractivity contribution in [3.63, 3.8) is 0 Å². The lowest BCUT2D eigenvalue weighted by Crippen LogP contribution is -2.01. The number of halogens is 3. The molecule has 0 aliphatic rings. The monoisotopic (exact) mass is 312 g/mol. The van der Waals surface area contributed by atoms with Gasteiger partial charge in [0.15, 0.2) is 5.65 Å². The molecule has 0 fully saturated rings. The van der Waals surface area contributed by atoms with Crippen LogP contribution in [0.25, 0.3) is 16.9 Å². The number of benzene rings is 1. The van der Waals surface area contributed by atoms with Crippen LogP contribution in [0.2, 0.25) is 15.1 Å². The molecule has 0 bridgehead atoms. The highest BCUT2D eigenvalue weighted by Gasteiger charge is 2.12. The first-order chi connectivity index (χ1) is 9.04. The van der Waals surface area contributed by atoms with Crippen molar-refractivity contribution in [1.29, 1.82) is 0 Å². The van der Waals surface area contributed by atoms with Crippen molar-refractivity contribution in [3.05, 3.63) is 45.5 Å². The Labute approximate surface area is 123 Å². The SMILES string of the molecule is Nc1nc2cc(Cl)cnc2n1-c1cc(Cl)cc(Cl)c1. The predicted molar refractivity (Wildman–Crippen MR) is 78.3 cm³/mol. The topological polar surface area (TPSA) is 56.7 Å². The molecule has 0 unspecified atom stereocenters. The van der Waals surface area contributed by atoms with E-state index in [-0.39, 0.29) is 0 Å². The molecule has 2 aromatic heterocycles. The van der Waals surface area contributed by atoms with E-state index in [1.54, 1.807) is 28.8 Å². The Morgan fingerprint density at radius 1 is 0.947 bits per heavy atom. The number of imidazole rings is 1. The molecule has 1 aromatic carbocycles. The molecule has 7 heteroatoms. The fourth-order valence-corrected chi connectivity index (χ4v) is 2.55. The van der Waals surface area contributed by atoms with Crippen molar-refractivity contribution in [1.82, 2.24) is 14.5 Å². The minimum absolute atomic E-state index is 0.295. The molecule has 0 aliphatic carbocycles. The summed E-state index contributed by atoms with van der Waals surface area (Å²) in [6.45, 7) is 0. The smallest absolute Gasteiger partial charge is 0.207 e. The van der Waals surface area contributed by atoms with Crippen molar-refractivity contribution in [2.75, 3.05) is 5.73 Å². The van der Waals surface area contributed by atoms with Crippen molar-refractivity contribution < 1.29 is 0 Å². The summed E-state index contributed by atoms with van der Waals surface area (Å²) >= 11 is 17.9. The van der Waals surface area contributed by atoms with E-state index in [2.05, 4.69) is 9.97 Å². The number of pyridine rings is 1. The number of hydrogen-bond donors (Lipinski definition) is 1. The highest BCUT2D eigenvalue weighted by atomic mass is 35.5. The molecule has 0 spiro atoms. The van der Waals surface area contributed by atoms with E-state index in [1.165, 1.54) is 6.20 Å². The van der Waals surface area contributed by atoms with E-state index in [9.17, 15) is 0 Å². The Bertz CT molecular complexity index is 762. The molecule has 0 saturated heterocycles. The Kier molecular flexibility index (Phi) is 3.01. The van der Waals surface area contributed by atoms with Crippen LogP contribution < -0.4 is 5.73 Å². The maximum atomic E-state index is 6.00. The second-order valence-electron chi connectivity index (χ2n) is 3.93. The summed E-state index contributed by atoms with van der Waals surface area (Å²) in [5, 5.41) is 1.52. The molecule has 0 amide bonds. The minimum atomic E-state index is 0.295. The van der Waals surface area contributed by atoms with E-state index >= 15 is 0 Å². The van der Waals surface area contributed by atoms with E-state index in [1.807, 2.05) is 0 Å². The number of rotatable bonds is 1.